The number of ether oxygens (including phenoxy) is 1. The molecule has 0 fully saturated rings. The number of sulfonamides is 1. The molecule has 0 saturated heterocycles. The number of pyridine rings is 1. The third-order valence-corrected chi connectivity index (χ3v) is 7.65. The van der Waals surface area contributed by atoms with E-state index in [-0.39, 0.29) is 48.0 Å². The van der Waals surface area contributed by atoms with Crippen LogP contribution in [0.3, 0.4) is 0 Å². The number of amides is 1. The van der Waals surface area contributed by atoms with E-state index in [4.69, 9.17) is 4.74 Å². The van der Waals surface area contributed by atoms with E-state index < -0.39 is 22.2 Å². The maximum Gasteiger partial charge on any atom is 0.261 e. The van der Waals surface area contributed by atoms with Gasteiger partial charge in [-0.05, 0) is 27.1 Å². The van der Waals surface area contributed by atoms with Gasteiger partial charge in [-0.3, -0.25) is 9.69 Å². The molecule has 196 valence electrons. The molecule has 3 heterocycles. The Morgan fingerprint density at radius 1 is 1.31 bits per heavy atom. The van der Waals surface area contributed by atoms with Gasteiger partial charge in [0.05, 0.1) is 32.1 Å². The van der Waals surface area contributed by atoms with E-state index in [9.17, 15) is 18.3 Å². The zero-order chi connectivity index (χ0) is 26.6. The molecular formula is C24H34N6O5S. The number of nitrogens with zero attached hydrogens (tertiary/aromatic N) is 6. The number of aryl methyl sites for hydroxylation is 1. The molecule has 11 nitrogen and oxygen atoms in total. The minimum absolute atomic E-state index is 0.0150. The highest BCUT2D eigenvalue weighted by Crippen LogP contribution is 2.28. The first kappa shape index (κ1) is 27.6. The van der Waals surface area contributed by atoms with Crippen LogP contribution in [-0.2, 0) is 17.1 Å². The van der Waals surface area contributed by atoms with E-state index in [2.05, 4.69) is 21.8 Å². The summed E-state index contributed by atoms with van der Waals surface area (Å²) in [5.74, 6) is 5.54. The number of aliphatic hydroxyl groups excluding tert-OH is 1. The summed E-state index contributed by atoms with van der Waals surface area (Å²) < 4.78 is 35.0. The first-order valence-electron chi connectivity index (χ1n) is 11.6. The van der Waals surface area contributed by atoms with Crippen molar-refractivity contribution in [2.75, 3.05) is 47.4 Å². The SMILES string of the molecule is C[C@@H]1CN([C@H](C)CO)C(=O)c2cc(C#CCN(C)C)cnc2O[C@H]1CN(C)S(=O)(=O)c1cn(C)cn1. The summed E-state index contributed by atoms with van der Waals surface area (Å²) in [6.45, 7) is 4.24. The maximum atomic E-state index is 13.5. The van der Waals surface area contributed by atoms with Crippen LogP contribution in [0.25, 0.3) is 0 Å². The van der Waals surface area contributed by atoms with Crippen LogP contribution >= 0.6 is 0 Å². The lowest BCUT2D eigenvalue weighted by molar-refractivity contribution is 0.0373. The Labute approximate surface area is 212 Å². The van der Waals surface area contributed by atoms with Gasteiger partial charge in [0.1, 0.15) is 11.7 Å². The summed E-state index contributed by atoms with van der Waals surface area (Å²) >= 11 is 0. The summed E-state index contributed by atoms with van der Waals surface area (Å²) in [5, 5.41) is 9.75. The van der Waals surface area contributed by atoms with Gasteiger partial charge in [0.2, 0.25) is 5.88 Å². The molecule has 1 amide bonds. The summed E-state index contributed by atoms with van der Waals surface area (Å²) in [6.07, 6.45) is 3.78. The molecule has 0 saturated carbocycles. The first-order valence-corrected chi connectivity index (χ1v) is 13.0. The van der Waals surface area contributed by atoms with Crippen molar-refractivity contribution in [1.29, 1.82) is 0 Å². The number of imidazole rings is 1. The molecule has 0 spiro atoms. The monoisotopic (exact) mass is 518 g/mol. The van der Waals surface area contributed by atoms with Crippen LogP contribution in [0.4, 0.5) is 0 Å². The number of likely N-dealkylation sites (N-methyl/N-ethyl adjacent to an activating group) is 1. The van der Waals surface area contributed by atoms with E-state index in [1.54, 1.807) is 29.5 Å². The lowest BCUT2D eigenvalue weighted by Crippen LogP contribution is -2.50. The zero-order valence-corrected chi connectivity index (χ0v) is 22.4. The normalized spacial score (nSPS) is 19.2. The van der Waals surface area contributed by atoms with Gasteiger partial charge in [-0.15, -0.1) is 0 Å². The Morgan fingerprint density at radius 2 is 2.03 bits per heavy atom. The molecule has 12 heteroatoms. The molecule has 2 aromatic heterocycles. The van der Waals surface area contributed by atoms with Gasteiger partial charge >= 0.3 is 0 Å². The van der Waals surface area contributed by atoms with Crippen molar-refractivity contribution in [3.63, 3.8) is 0 Å². The molecule has 36 heavy (non-hydrogen) atoms. The van der Waals surface area contributed by atoms with Gasteiger partial charge < -0.3 is 19.3 Å². The predicted octanol–water partition coefficient (Wildman–Crippen LogP) is 0.269. The van der Waals surface area contributed by atoms with E-state index in [1.807, 2.05) is 25.9 Å². The van der Waals surface area contributed by atoms with Gasteiger partial charge in [0.15, 0.2) is 5.03 Å². The smallest absolute Gasteiger partial charge is 0.261 e. The average Bonchev–Trinajstić information content (AvgIpc) is 3.27. The topological polar surface area (TPSA) is 121 Å². The van der Waals surface area contributed by atoms with Crippen molar-refractivity contribution in [3.05, 3.63) is 35.9 Å². The van der Waals surface area contributed by atoms with Gasteiger partial charge in [-0.1, -0.05) is 18.8 Å². The molecule has 0 radical (unpaired) electrons. The van der Waals surface area contributed by atoms with Crippen LogP contribution in [-0.4, -0.2) is 108 Å². The number of carbonyl (C=O) groups is 1. The summed E-state index contributed by atoms with van der Waals surface area (Å²) in [7, 11) is 3.13. The number of rotatable bonds is 7. The fourth-order valence-electron chi connectivity index (χ4n) is 3.72. The minimum Gasteiger partial charge on any atom is -0.472 e. The largest absolute Gasteiger partial charge is 0.472 e. The Kier molecular flexibility index (Phi) is 8.73. The lowest BCUT2D eigenvalue weighted by Gasteiger charge is -2.37. The van der Waals surface area contributed by atoms with Crippen LogP contribution in [0.15, 0.2) is 29.8 Å². The van der Waals surface area contributed by atoms with Gasteiger partial charge in [0.25, 0.3) is 15.9 Å². The summed E-state index contributed by atoms with van der Waals surface area (Å²) in [4.78, 5) is 25.3. The number of aromatic nitrogens is 3. The third kappa shape index (κ3) is 6.22. The third-order valence-electron chi connectivity index (χ3n) is 5.94. The fraction of sp³-hybridized carbons (Fsp3) is 0.542. The second kappa shape index (κ2) is 11.4. The maximum absolute atomic E-state index is 13.5. The van der Waals surface area contributed by atoms with Crippen molar-refractivity contribution in [2.24, 2.45) is 13.0 Å². The van der Waals surface area contributed by atoms with Gasteiger partial charge in [-0.2, -0.15) is 4.31 Å². The molecule has 0 aliphatic carbocycles. The lowest BCUT2D eigenvalue weighted by atomic mass is 10.0. The minimum atomic E-state index is -3.85. The highest BCUT2D eigenvalue weighted by molar-refractivity contribution is 7.89. The van der Waals surface area contributed by atoms with Crippen molar-refractivity contribution in [2.45, 2.75) is 31.0 Å². The number of fused-ring (bicyclic) bond motifs is 1. The molecular weight excluding hydrogens is 484 g/mol. The van der Waals surface area contributed by atoms with Crippen LogP contribution in [0.2, 0.25) is 0 Å². The van der Waals surface area contributed by atoms with E-state index in [1.165, 1.54) is 30.1 Å². The molecule has 1 aliphatic heterocycles. The van der Waals surface area contributed by atoms with Crippen LogP contribution < -0.4 is 4.74 Å². The standard InChI is InChI=1S/C24H34N6O5S/c1-17-12-30(18(2)15-31)24(32)20-10-19(8-7-9-27(3)4)11-25-23(20)35-21(17)13-29(6)36(33,34)22-14-28(5)16-26-22/h10-11,14,16-18,21,31H,9,12-13,15H2,1-6H3/t17-,18-,21+/m1/s1. The van der Waals surface area contributed by atoms with Crippen LogP contribution in [0, 0.1) is 17.8 Å². The highest BCUT2D eigenvalue weighted by Gasteiger charge is 2.36. The number of hydrogen-bond donors (Lipinski definition) is 1. The Balaban J connectivity index is 1.97. The fourth-order valence-corrected chi connectivity index (χ4v) is 4.86. The van der Waals surface area contributed by atoms with Gasteiger partial charge in [0, 0.05) is 44.5 Å². The summed E-state index contributed by atoms with van der Waals surface area (Å²) in [5.41, 5.74) is 0.781. The Bertz CT molecular complexity index is 1250. The van der Waals surface area contributed by atoms with Gasteiger partial charge in [-0.25, -0.2) is 18.4 Å². The highest BCUT2D eigenvalue weighted by atomic mass is 32.2. The van der Waals surface area contributed by atoms with E-state index in [0.717, 1.165) is 0 Å². The van der Waals surface area contributed by atoms with E-state index >= 15 is 0 Å². The molecule has 2 aromatic rings. The van der Waals surface area contributed by atoms with Crippen LogP contribution in [0.5, 0.6) is 5.88 Å². The number of aliphatic hydroxyl groups is 1. The van der Waals surface area contributed by atoms with Crippen LogP contribution in [0.1, 0.15) is 29.8 Å². The number of hydrogen-bond acceptors (Lipinski definition) is 8. The molecule has 1 aliphatic rings. The predicted molar refractivity (Wildman–Crippen MR) is 134 cm³/mol. The first-order chi connectivity index (χ1) is 16.9. The Morgan fingerprint density at radius 3 is 2.64 bits per heavy atom. The zero-order valence-electron chi connectivity index (χ0n) is 21.5. The van der Waals surface area contributed by atoms with Crippen molar-refractivity contribution < 1.29 is 23.1 Å². The molecule has 0 aromatic carbocycles. The van der Waals surface area contributed by atoms with E-state index in [0.29, 0.717) is 12.1 Å². The van der Waals surface area contributed by atoms with Crippen molar-refractivity contribution in [3.8, 4) is 17.7 Å². The molecule has 3 atom stereocenters. The quantitative estimate of drug-likeness (QED) is 0.519. The number of carbonyl (C=O) groups excluding carboxylic acids is 1. The molecule has 3 rings (SSSR count). The van der Waals surface area contributed by atoms with Crippen molar-refractivity contribution >= 4 is 15.9 Å². The summed E-state index contributed by atoms with van der Waals surface area (Å²) in [6, 6.07) is 1.18. The Hall–Kier alpha value is -2.98. The second-order valence-corrected chi connectivity index (χ2v) is 11.4. The average molecular weight is 519 g/mol. The molecule has 0 bridgehead atoms. The molecule has 0 unspecified atom stereocenters. The van der Waals surface area contributed by atoms with Crippen molar-refractivity contribution in [1.82, 2.24) is 28.6 Å². The second-order valence-electron chi connectivity index (χ2n) is 9.40. The molecule has 1 N–H and O–H groups in total.